The normalized spacial score (nSPS) is 12.7. The van der Waals surface area contributed by atoms with Crippen LogP contribution < -0.4 is 5.32 Å². The van der Waals surface area contributed by atoms with Gasteiger partial charge in [0.25, 0.3) is 0 Å². The van der Waals surface area contributed by atoms with Gasteiger partial charge in [0.1, 0.15) is 11.4 Å². The van der Waals surface area contributed by atoms with Gasteiger partial charge >= 0.3 is 12.1 Å². The van der Waals surface area contributed by atoms with Crippen LogP contribution in [0, 0.1) is 0 Å². The van der Waals surface area contributed by atoms with Gasteiger partial charge in [-0.1, -0.05) is 0 Å². The Kier molecular flexibility index (Phi) is 6.36. The number of ketones is 1. The van der Waals surface area contributed by atoms with Crippen molar-refractivity contribution in [3.05, 3.63) is 0 Å². The Bertz CT molecular complexity index is 319. The van der Waals surface area contributed by atoms with Gasteiger partial charge in [-0.2, -0.15) is 0 Å². The lowest BCUT2D eigenvalue weighted by Crippen LogP contribution is -2.40. The Hall–Kier alpha value is -1.59. The van der Waals surface area contributed by atoms with Crippen molar-refractivity contribution in [2.45, 2.75) is 58.6 Å². The van der Waals surface area contributed by atoms with Crippen molar-refractivity contribution in [1.82, 2.24) is 5.32 Å². The standard InChI is InChI=1S/C12H21NO5/c1-8(14)5-6-9(7-10(15)16)13-11(17)18-12(2,3)4/h9H,5-7H2,1-4H3,(H,13,17)(H,15,16). The summed E-state index contributed by atoms with van der Waals surface area (Å²) >= 11 is 0. The Morgan fingerprint density at radius 2 is 1.83 bits per heavy atom. The highest BCUT2D eigenvalue weighted by atomic mass is 16.6. The minimum Gasteiger partial charge on any atom is -0.481 e. The number of amides is 1. The van der Waals surface area contributed by atoms with E-state index in [1.165, 1.54) is 6.92 Å². The number of carboxylic acids is 1. The molecule has 1 unspecified atom stereocenters. The fourth-order valence-electron chi connectivity index (χ4n) is 1.29. The van der Waals surface area contributed by atoms with Crippen LogP contribution in [0.4, 0.5) is 4.79 Å². The molecule has 1 atom stereocenters. The molecule has 0 heterocycles. The molecule has 0 aliphatic heterocycles. The molecule has 0 aromatic heterocycles. The first-order valence-electron chi connectivity index (χ1n) is 5.81. The molecule has 0 spiro atoms. The van der Waals surface area contributed by atoms with E-state index in [2.05, 4.69) is 5.32 Å². The predicted molar refractivity (Wildman–Crippen MR) is 65.3 cm³/mol. The zero-order valence-electron chi connectivity index (χ0n) is 11.3. The summed E-state index contributed by atoms with van der Waals surface area (Å²) < 4.78 is 5.03. The van der Waals surface area contributed by atoms with Crippen molar-refractivity contribution in [3.8, 4) is 0 Å². The van der Waals surface area contributed by atoms with Crippen molar-refractivity contribution in [2.75, 3.05) is 0 Å². The third-order valence-corrected chi connectivity index (χ3v) is 1.99. The number of carbonyl (C=O) groups is 3. The molecule has 0 aromatic rings. The third-order valence-electron chi connectivity index (χ3n) is 1.99. The second kappa shape index (κ2) is 6.98. The molecule has 0 saturated heterocycles. The Morgan fingerprint density at radius 1 is 1.28 bits per heavy atom. The summed E-state index contributed by atoms with van der Waals surface area (Å²) in [6.07, 6.45) is -0.376. The molecular formula is C12H21NO5. The summed E-state index contributed by atoms with van der Waals surface area (Å²) in [5, 5.41) is 11.2. The van der Waals surface area contributed by atoms with E-state index in [-0.39, 0.29) is 18.6 Å². The largest absolute Gasteiger partial charge is 0.481 e. The van der Waals surface area contributed by atoms with E-state index >= 15 is 0 Å². The SMILES string of the molecule is CC(=O)CCC(CC(=O)O)NC(=O)OC(C)(C)C. The average Bonchev–Trinajstić information content (AvgIpc) is 2.09. The maximum atomic E-state index is 11.5. The molecule has 1 amide bonds. The van der Waals surface area contributed by atoms with Crippen LogP contribution in [-0.4, -0.2) is 34.6 Å². The third kappa shape index (κ3) is 9.62. The van der Waals surface area contributed by atoms with Crippen LogP contribution >= 0.6 is 0 Å². The van der Waals surface area contributed by atoms with E-state index in [1.54, 1.807) is 20.8 Å². The van der Waals surface area contributed by atoms with Crippen LogP contribution in [0.5, 0.6) is 0 Å². The quantitative estimate of drug-likeness (QED) is 0.757. The molecule has 6 nitrogen and oxygen atoms in total. The van der Waals surface area contributed by atoms with Crippen molar-refractivity contribution in [3.63, 3.8) is 0 Å². The lowest BCUT2D eigenvalue weighted by Gasteiger charge is -2.22. The minimum atomic E-state index is -1.03. The van der Waals surface area contributed by atoms with Crippen LogP contribution in [0.25, 0.3) is 0 Å². The summed E-state index contributed by atoms with van der Waals surface area (Å²) in [7, 11) is 0. The number of aliphatic carboxylic acids is 1. The molecule has 6 heteroatoms. The van der Waals surface area contributed by atoms with Crippen LogP contribution in [0.1, 0.15) is 47.0 Å². The molecule has 0 aliphatic rings. The average molecular weight is 259 g/mol. The Morgan fingerprint density at radius 3 is 2.22 bits per heavy atom. The van der Waals surface area contributed by atoms with Crippen molar-refractivity contribution >= 4 is 17.8 Å². The number of rotatable bonds is 6. The Balaban J connectivity index is 4.34. The van der Waals surface area contributed by atoms with Crippen LogP contribution in [-0.2, 0) is 14.3 Å². The maximum Gasteiger partial charge on any atom is 0.407 e. The number of carboxylic acid groups (broad SMARTS) is 1. The van der Waals surface area contributed by atoms with Crippen molar-refractivity contribution in [2.24, 2.45) is 0 Å². The number of ether oxygens (including phenoxy) is 1. The molecular weight excluding hydrogens is 238 g/mol. The van der Waals surface area contributed by atoms with Crippen LogP contribution in [0.15, 0.2) is 0 Å². The molecule has 0 radical (unpaired) electrons. The van der Waals surface area contributed by atoms with Crippen molar-refractivity contribution in [1.29, 1.82) is 0 Å². The van der Waals surface area contributed by atoms with Crippen LogP contribution in [0.2, 0.25) is 0 Å². The fourth-order valence-corrected chi connectivity index (χ4v) is 1.29. The summed E-state index contributed by atoms with van der Waals surface area (Å²) in [5.74, 6) is -1.07. The second-order valence-corrected chi connectivity index (χ2v) is 5.18. The topological polar surface area (TPSA) is 92.7 Å². The number of nitrogens with one attached hydrogen (secondary N) is 1. The van der Waals surface area contributed by atoms with E-state index in [9.17, 15) is 14.4 Å². The number of hydrogen-bond acceptors (Lipinski definition) is 4. The summed E-state index contributed by atoms with van der Waals surface area (Å²) in [6.45, 7) is 6.57. The lowest BCUT2D eigenvalue weighted by atomic mass is 10.1. The molecule has 0 rings (SSSR count). The first-order valence-corrected chi connectivity index (χ1v) is 5.81. The Labute approximate surface area is 107 Å². The van der Waals surface area contributed by atoms with Gasteiger partial charge in [0.2, 0.25) is 0 Å². The van der Waals surface area contributed by atoms with E-state index in [4.69, 9.17) is 9.84 Å². The highest BCUT2D eigenvalue weighted by Gasteiger charge is 2.21. The first kappa shape index (κ1) is 16.4. The van der Waals surface area contributed by atoms with Gasteiger partial charge in [-0.3, -0.25) is 4.79 Å². The van der Waals surface area contributed by atoms with E-state index in [0.717, 1.165) is 0 Å². The lowest BCUT2D eigenvalue weighted by molar-refractivity contribution is -0.137. The number of carbonyl (C=O) groups excluding carboxylic acids is 2. The maximum absolute atomic E-state index is 11.5. The monoisotopic (exact) mass is 259 g/mol. The second-order valence-electron chi connectivity index (χ2n) is 5.18. The smallest absolute Gasteiger partial charge is 0.407 e. The number of hydrogen-bond donors (Lipinski definition) is 2. The number of alkyl carbamates (subject to hydrolysis) is 1. The molecule has 104 valence electrons. The number of Topliss-reactive ketones (excluding diaryl/α,β-unsaturated/α-hetero) is 1. The van der Waals surface area contributed by atoms with E-state index < -0.39 is 23.7 Å². The molecule has 0 aliphatic carbocycles. The zero-order chi connectivity index (χ0) is 14.3. The molecule has 2 N–H and O–H groups in total. The molecule has 0 bridgehead atoms. The summed E-state index contributed by atoms with van der Waals surface area (Å²) in [5.41, 5.74) is -0.640. The van der Waals surface area contributed by atoms with Gasteiger partial charge in [-0.25, -0.2) is 4.79 Å². The fraction of sp³-hybridized carbons (Fsp3) is 0.750. The highest BCUT2D eigenvalue weighted by molar-refractivity contribution is 5.76. The van der Waals surface area contributed by atoms with E-state index in [1.807, 2.05) is 0 Å². The molecule has 0 aromatic carbocycles. The minimum absolute atomic E-state index is 0.0450. The molecule has 18 heavy (non-hydrogen) atoms. The zero-order valence-corrected chi connectivity index (χ0v) is 11.3. The first-order chi connectivity index (χ1) is 8.10. The van der Waals surface area contributed by atoms with Gasteiger partial charge in [0, 0.05) is 12.5 Å². The van der Waals surface area contributed by atoms with Crippen LogP contribution in [0.3, 0.4) is 0 Å². The van der Waals surface area contributed by atoms with Gasteiger partial charge < -0.3 is 20.0 Å². The van der Waals surface area contributed by atoms with Gasteiger partial charge in [0.15, 0.2) is 0 Å². The predicted octanol–water partition coefficient (Wildman–Crippen LogP) is 1.72. The summed E-state index contributed by atoms with van der Waals surface area (Å²) in [6, 6.07) is -0.596. The van der Waals surface area contributed by atoms with Gasteiger partial charge in [-0.05, 0) is 34.1 Å². The highest BCUT2D eigenvalue weighted by Crippen LogP contribution is 2.09. The summed E-state index contributed by atoms with van der Waals surface area (Å²) in [4.78, 5) is 33.0. The van der Waals surface area contributed by atoms with Gasteiger partial charge in [-0.15, -0.1) is 0 Å². The van der Waals surface area contributed by atoms with Gasteiger partial charge in [0.05, 0.1) is 6.42 Å². The molecule has 0 fully saturated rings. The molecule has 0 saturated carbocycles. The van der Waals surface area contributed by atoms with Crippen molar-refractivity contribution < 1.29 is 24.2 Å². The van der Waals surface area contributed by atoms with E-state index in [0.29, 0.717) is 6.42 Å².